The van der Waals surface area contributed by atoms with Gasteiger partial charge >= 0.3 is 0 Å². The zero-order valence-electron chi connectivity index (χ0n) is 17.4. The molecule has 8 heteroatoms. The highest BCUT2D eigenvalue weighted by molar-refractivity contribution is 7.80. The Bertz CT molecular complexity index is 1350. The lowest BCUT2D eigenvalue weighted by Gasteiger charge is -2.11. The van der Waals surface area contributed by atoms with Gasteiger partial charge in [0.05, 0.1) is 5.56 Å². The number of hydrogen-bond donors (Lipinski definition) is 3. The fraction of sp³-hybridized carbons (Fsp3) is 0.125. The molecule has 1 aromatic heterocycles. The maximum atomic E-state index is 12.4. The Morgan fingerprint density at radius 3 is 2.72 bits per heavy atom. The average Bonchev–Trinajstić information content (AvgIpc) is 3.19. The zero-order chi connectivity index (χ0) is 22.8. The topological polar surface area (TPSA) is 87.4 Å². The number of hydrogen-bond acceptors (Lipinski definition) is 5. The Kier molecular flexibility index (Phi) is 6.12. The van der Waals surface area contributed by atoms with E-state index in [9.17, 15) is 9.90 Å². The first-order valence-electron chi connectivity index (χ1n) is 9.95. The second-order valence-corrected chi connectivity index (χ2v) is 8.09. The number of phenols is 1. The minimum Gasteiger partial charge on any atom is -0.507 e. The van der Waals surface area contributed by atoms with Gasteiger partial charge in [-0.3, -0.25) is 10.1 Å². The molecule has 0 aliphatic heterocycles. The number of phenolic OH excluding ortho intramolecular Hbond substituents is 1. The van der Waals surface area contributed by atoms with Crippen LogP contribution in [0.5, 0.6) is 5.75 Å². The molecule has 1 amide bonds. The predicted molar refractivity (Wildman–Crippen MR) is 130 cm³/mol. The number of carbonyl (C=O) groups is 1. The highest BCUT2D eigenvalue weighted by Crippen LogP contribution is 2.33. The average molecular weight is 466 g/mol. The highest BCUT2D eigenvalue weighted by atomic mass is 35.5. The summed E-state index contributed by atoms with van der Waals surface area (Å²) in [6, 6.07) is 15.6. The van der Waals surface area contributed by atoms with E-state index in [0.717, 1.165) is 23.1 Å². The van der Waals surface area contributed by atoms with Gasteiger partial charge in [0.2, 0.25) is 5.89 Å². The normalized spacial score (nSPS) is 10.8. The van der Waals surface area contributed by atoms with E-state index in [1.807, 2.05) is 25.1 Å². The number of aromatic hydroxyl groups is 1. The molecule has 3 N–H and O–H groups in total. The van der Waals surface area contributed by atoms with E-state index in [-0.39, 0.29) is 16.8 Å². The molecule has 6 nitrogen and oxygen atoms in total. The number of rotatable bonds is 4. The number of aromatic nitrogens is 1. The Morgan fingerprint density at radius 1 is 1.16 bits per heavy atom. The van der Waals surface area contributed by atoms with E-state index in [0.29, 0.717) is 33.3 Å². The lowest BCUT2D eigenvalue weighted by Crippen LogP contribution is -2.34. The summed E-state index contributed by atoms with van der Waals surface area (Å²) in [5.74, 6) is -0.0743. The van der Waals surface area contributed by atoms with Crippen LogP contribution in [0.25, 0.3) is 22.6 Å². The summed E-state index contributed by atoms with van der Waals surface area (Å²) in [6.07, 6.45) is 0.890. The van der Waals surface area contributed by atoms with Gasteiger partial charge in [-0.2, -0.15) is 0 Å². The molecule has 0 fully saturated rings. The molecule has 32 heavy (non-hydrogen) atoms. The first kappa shape index (κ1) is 21.8. The molecule has 4 rings (SSSR count). The van der Waals surface area contributed by atoms with Crippen molar-refractivity contribution in [3.63, 3.8) is 0 Å². The molecule has 0 saturated heterocycles. The lowest BCUT2D eigenvalue weighted by molar-refractivity contribution is 0.0977. The first-order valence-corrected chi connectivity index (χ1v) is 10.7. The molecule has 162 valence electrons. The van der Waals surface area contributed by atoms with Crippen LogP contribution in [0.1, 0.15) is 28.4 Å². The summed E-state index contributed by atoms with van der Waals surface area (Å²) in [5.41, 5.74) is 4.74. The third kappa shape index (κ3) is 4.59. The largest absolute Gasteiger partial charge is 0.507 e. The summed E-state index contributed by atoms with van der Waals surface area (Å²) >= 11 is 11.4. The number of aryl methyl sites for hydroxylation is 2. The molecule has 1 heterocycles. The van der Waals surface area contributed by atoms with Gasteiger partial charge in [-0.05, 0) is 79.2 Å². The summed E-state index contributed by atoms with van der Waals surface area (Å²) in [5, 5.41) is 16.5. The van der Waals surface area contributed by atoms with Crippen molar-refractivity contribution in [1.82, 2.24) is 10.3 Å². The predicted octanol–water partition coefficient (Wildman–Crippen LogP) is 5.85. The molecule has 0 radical (unpaired) electrons. The van der Waals surface area contributed by atoms with Gasteiger partial charge in [-0.1, -0.05) is 30.7 Å². The van der Waals surface area contributed by atoms with Gasteiger partial charge in [-0.15, -0.1) is 0 Å². The maximum absolute atomic E-state index is 12.4. The number of thiocarbonyl (C=S) groups is 1. The van der Waals surface area contributed by atoms with E-state index in [4.69, 9.17) is 28.2 Å². The molecule has 0 atom stereocenters. The van der Waals surface area contributed by atoms with Crippen molar-refractivity contribution in [1.29, 1.82) is 0 Å². The van der Waals surface area contributed by atoms with Crippen LogP contribution in [0.2, 0.25) is 5.02 Å². The zero-order valence-corrected chi connectivity index (χ0v) is 19.0. The molecule has 3 aromatic carbocycles. The fourth-order valence-electron chi connectivity index (χ4n) is 3.16. The van der Waals surface area contributed by atoms with E-state index in [1.54, 1.807) is 30.3 Å². The minimum atomic E-state index is -0.380. The summed E-state index contributed by atoms with van der Waals surface area (Å²) in [7, 11) is 0. The second-order valence-electron chi connectivity index (χ2n) is 7.28. The molecule has 0 saturated carbocycles. The van der Waals surface area contributed by atoms with Gasteiger partial charge in [0.15, 0.2) is 10.7 Å². The fourth-order valence-corrected chi connectivity index (χ4v) is 3.56. The monoisotopic (exact) mass is 465 g/mol. The number of benzene rings is 3. The van der Waals surface area contributed by atoms with Crippen LogP contribution in [0.3, 0.4) is 0 Å². The van der Waals surface area contributed by atoms with Crippen LogP contribution in [0.4, 0.5) is 5.69 Å². The number of nitrogens with zero attached hydrogens (tertiary/aromatic N) is 1. The molecule has 0 bridgehead atoms. The van der Waals surface area contributed by atoms with Crippen molar-refractivity contribution in [2.75, 3.05) is 5.32 Å². The van der Waals surface area contributed by atoms with Crippen molar-refractivity contribution < 1.29 is 14.3 Å². The molecule has 0 aliphatic rings. The van der Waals surface area contributed by atoms with Crippen molar-refractivity contribution in [3.05, 3.63) is 76.3 Å². The third-order valence-corrected chi connectivity index (χ3v) is 5.62. The first-order chi connectivity index (χ1) is 15.3. The van der Waals surface area contributed by atoms with Crippen molar-refractivity contribution in [2.24, 2.45) is 0 Å². The van der Waals surface area contributed by atoms with Crippen LogP contribution < -0.4 is 10.6 Å². The molecule has 0 aliphatic carbocycles. The third-order valence-electron chi connectivity index (χ3n) is 5.01. The standard InChI is InChI=1S/C24H20ClN3O3S/c1-3-14-5-9-21-19(10-14)27-23(31-21)17-12-16(7-8-20(17)29)26-24(32)28-22(30)15-6-4-13(2)18(25)11-15/h4-12,29H,3H2,1-2H3,(H2,26,28,30,32). The number of nitrogens with one attached hydrogen (secondary N) is 2. The van der Waals surface area contributed by atoms with Crippen LogP contribution in [0, 0.1) is 6.92 Å². The Labute approximate surface area is 195 Å². The van der Waals surface area contributed by atoms with E-state index in [1.165, 1.54) is 6.07 Å². The second kappa shape index (κ2) is 8.98. The number of carbonyl (C=O) groups excluding carboxylic acids is 1. The lowest BCUT2D eigenvalue weighted by atomic mass is 10.1. The quantitative estimate of drug-likeness (QED) is 0.259. The number of anilines is 1. The molecular weight excluding hydrogens is 446 g/mol. The smallest absolute Gasteiger partial charge is 0.257 e. The van der Waals surface area contributed by atoms with Crippen LogP contribution in [-0.4, -0.2) is 21.1 Å². The number of oxazole rings is 1. The van der Waals surface area contributed by atoms with Gasteiger partial charge in [0, 0.05) is 16.3 Å². The molecule has 4 aromatic rings. The Hall–Kier alpha value is -3.42. The van der Waals surface area contributed by atoms with Gasteiger partial charge in [0.25, 0.3) is 5.91 Å². The summed E-state index contributed by atoms with van der Waals surface area (Å²) in [6.45, 7) is 3.93. The van der Waals surface area contributed by atoms with E-state index < -0.39 is 0 Å². The van der Waals surface area contributed by atoms with E-state index in [2.05, 4.69) is 22.5 Å². The van der Waals surface area contributed by atoms with Crippen LogP contribution in [-0.2, 0) is 6.42 Å². The minimum absolute atomic E-state index is 0.0158. The molecular formula is C24H20ClN3O3S. The van der Waals surface area contributed by atoms with Gasteiger partial charge in [0.1, 0.15) is 11.3 Å². The van der Waals surface area contributed by atoms with E-state index >= 15 is 0 Å². The molecule has 0 unspecified atom stereocenters. The SMILES string of the molecule is CCc1ccc2oc(-c3cc(NC(=S)NC(=O)c4ccc(C)c(Cl)c4)ccc3O)nc2c1. The highest BCUT2D eigenvalue weighted by Gasteiger charge is 2.15. The summed E-state index contributed by atoms with van der Waals surface area (Å²) in [4.78, 5) is 16.9. The van der Waals surface area contributed by atoms with Crippen LogP contribution >= 0.6 is 23.8 Å². The maximum Gasteiger partial charge on any atom is 0.257 e. The van der Waals surface area contributed by atoms with Crippen molar-refractivity contribution >= 4 is 51.6 Å². The van der Waals surface area contributed by atoms with Gasteiger partial charge in [-0.25, -0.2) is 4.98 Å². The number of fused-ring (bicyclic) bond motifs is 1. The van der Waals surface area contributed by atoms with Gasteiger partial charge < -0.3 is 14.8 Å². The Balaban J connectivity index is 1.53. The summed E-state index contributed by atoms with van der Waals surface area (Å²) < 4.78 is 5.82. The molecule has 0 spiro atoms. The Morgan fingerprint density at radius 2 is 1.97 bits per heavy atom. The number of halogens is 1. The van der Waals surface area contributed by atoms with Crippen molar-refractivity contribution in [3.8, 4) is 17.2 Å². The number of amides is 1. The van der Waals surface area contributed by atoms with Crippen LogP contribution in [0.15, 0.2) is 59.0 Å². The van der Waals surface area contributed by atoms with Crippen molar-refractivity contribution in [2.45, 2.75) is 20.3 Å².